The minimum atomic E-state index is -1.14. The molecule has 0 saturated carbocycles. The van der Waals surface area contributed by atoms with Gasteiger partial charge >= 0.3 is 11.9 Å². The van der Waals surface area contributed by atoms with Crippen LogP contribution < -0.4 is 0 Å². The van der Waals surface area contributed by atoms with Crippen molar-refractivity contribution < 1.29 is 19.8 Å². The Morgan fingerprint density at radius 3 is 2.07 bits per heavy atom. The minimum Gasteiger partial charge on any atom is -0.481 e. The molecule has 0 amide bonds. The summed E-state index contributed by atoms with van der Waals surface area (Å²) in [5.74, 6) is -2.75. The van der Waals surface area contributed by atoms with E-state index in [9.17, 15) is 9.59 Å². The molecule has 88 valence electrons. The van der Waals surface area contributed by atoms with Gasteiger partial charge in [-0.15, -0.1) is 0 Å². The lowest BCUT2D eigenvalue weighted by atomic mass is 10.0. The quantitative estimate of drug-likeness (QED) is 0.660. The molecule has 0 aromatic carbocycles. The molecule has 0 rings (SSSR count). The summed E-state index contributed by atoms with van der Waals surface area (Å²) in [5, 5.41) is 17.3. The number of hydrogen-bond acceptors (Lipinski definition) is 2. The smallest absolute Gasteiger partial charge is 0.307 e. The van der Waals surface area contributed by atoms with Crippen LogP contribution in [0.4, 0.5) is 0 Å². The maximum Gasteiger partial charge on any atom is 0.307 e. The Labute approximate surface area is 91.3 Å². The summed E-state index contributed by atoms with van der Waals surface area (Å²) >= 11 is 0. The van der Waals surface area contributed by atoms with Crippen molar-refractivity contribution in [2.75, 3.05) is 0 Å². The molecule has 0 bridgehead atoms. The largest absolute Gasteiger partial charge is 0.481 e. The summed E-state index contributed by atoms with van der Waals surface area (Å²) in [7, 11) is -1.14. The molecule has 4 nitrogen and oxygen atoms in total. The van der Waals surface area contributed by atoms with Crippen molar-refractivity contribution >= 4 is 20.0 Å². The van der Waals surface area contributed by atoms with Gasteiger partial charge in [-0.2, -0.15) is 0 Å². The van der Waals surface area contributed by atoms with Crippen LogP contribution in [-0.2, 0) is 9.59 Å². The zero-order valence-electron chi connectivity index (χ0n) is 9.62. The van der Waals surface area contributed by atoms with Gasteiger partial charge in [-0.3, -0.25) is 9.59 Å². The van der Waals surface area contributed by atoms with E-state index in [1.807, 2.05) is 0 Å². The van der Waals surface area contributed by atoms with E-state index in [0.717, 1.165) is 12.5 Å². The van der Waals surface area contributed by atoms with E-state index >= 15 is 0 Å². The molecule has 0 spiro atoms. The van der Waals surface area contributed by atoms with E-state index in [1.54, 1.807) is 0 Å². The lowest BCUT2D eigenvalue weighted by molar-refractivity contribution is -0.148. The van der Waals surface area contributed by atoms with Gasteiger partial charge in [0.15, 0.2) is 0 Å². The van der Waals surface area contributed by atoms with E-state index in [-0.39, 0.29) is 6.42 Å². The molecule has 0 heterocycles. The minimum absolute atomic E-state index is 0.263. The molecule has 0 aliphatic rings. The Kier molecular flexibility index (Phi) is 5.57. The Morgan fingerprint density at radius 2 is 1.73 bits per heavy atom. The Balaban J connectivity index is 3.98. The number of rotatable bonds is 7. The van der Waals surface area contributed by atoms with E-state index in [4.69, 9.17) is 10.2 Å². The summed E-state index contributed by atoms with van der Waals surface area (Å²) in [6.07, 6.45) is 1.03. The van der Waals surface area contributed by atoms with Gasteiger partial charge in [-0.1, -0.05) is 32.1 Å². The molecule has 1 atom stereocenters. The van der Waals surface area contributed by atoms with E-state index < -0.39 is 25.9 Å². The average Bonchev–Trinajstić information content (AvgIpc) is 1.99. The molecular formula is C10H20O4Si. The van der Waals surface area contributed by atoms with Crippen molar-refractivity contribution in [3.63, 3.8) is 0 Å². The van der Waals surface area contributed by atoms with E-state index in [1.165, 1.54) is 0 Å². The van der Waals surface area contributed by atoms with Crippen molar-refractivity contribution in [1.82, 2.24) is 0 Å². The molecule has 5 heteroatoms. The van der Waals surface area contributed by atoms with Crippen molar-refractivity contribution in [3.8, 4) is 0 Å². The van der Waals surface area contributed by atoms with Crippen molar-refractivity contribution in [2.24, 2.45) is 5.92 Å². The summed E-state index contributed by atoms with van der Waals surface area (Å²) in [6, 6.07) is 1.05. The predicted molar refractivity (Wildman–Crippen MR) is 60.8 cm³/mol. The topological polar surface area (TPSA) is 74.6 Å². The maximum absolute atomic E-state index is 10.7. The number of hydrogen-bond donors (Lipinski definition) is 2. The third-order valence-electron chi connectivity index (χ3n) is 2.25. The van der Waals surface area contributed by atoms with Crippen LogP contribution in [0.1, 0.15) is 19.3 Å². The van der Waals surface area contributed by atoms with Crippen molar-refractivity contribution in [1.29, 1.82) is 0 Å². The third kappa shape index (κ3) is 8.17. The van der Waals surface area contributed by atoms with Gasteiger partial charge in [-0.25, -0.2) is 0 Å². The molecule has 2 N–H and O–H groups in total. The highest BCUT2D eigenvalue weighted by atomic mass is 28.3. The first-order valence-electron chi connectivity index (χ1n) is 5.17. The molecule has 0 saturated heterocycles. The molecule has 0 aliphatic carbocycles. The van der Waals surface area contributed by atoms with Crippen LogP contribution in [0, 0.1) is 5.92 Å². The van der Waals surface area contributed by atoms with Gasteiger partial charge in [0.2, 0.25) is 0 Å². The Morgan fingerprint density at radius 1 is 1.20 bits per heavy atom. The highest BCUT2D eigenvalue weighted by Gasteiger charge is 2.22. The fraction of sp³-hybridized carbons (Fsp3) is 0.800. The van der Waals surface area contributed by atoms with Gasteiger partial charge in [0, 0.05) is 8.07 Å². The SMILES string of the molecule is C[Si](C)(C)CCCC(CC(=O)O)C(=O)O. The maximum atomic E-state index is 10.7. The highest BCUT2D eigenvalue weighted by Crippen LogP contribution is 2.18. The molecule has 0 radical (unpaired) electrons. The zero-order chi connectivity index (χ0) is 12.1. The van der Waals surface area contributed by atoms with E-state index in [2.05, 4.69) is 19.6 Å². The third-order valence-corrected chi connectivity index (χ3v) is 4.10. The number of carboxylic acids is 2. The van der Waals surface area contributed by atoms with Crippen LogP contribution in [0.5, 0.6) is 0 Å². The Hall–Kier alpha value is -0.843. The standard InChI is InChI=1S/C10H20O4Si/c1-15(2,3)6-4-5-8(10(13)14)7-9(11)12/h8H,4-7H2,1-3H3,(H,11,12)(H,13,14). The van der Waals surface area contributed by atoms with Gasteiger partial charge < -0.3 is 10.2 Å². The molecule has 0 fully saturated rings. The molecule has 0 aromatic rings. The second-order valence-corrected chi connectivity index (χ2v) is 10.7. The van der Waals surface area contributed by atoms with Crippen molar-refractivity contribution in [3.05, 3.63) is 0 Å². The van der Waals surface area contributed by atoms with Crippen LogP contribution in [-0.4, -0.2) is 30.2 Å². The summed E-state index contributed by atoms with van der Waals surface area (Å²) in [5.41, 5.74) is 0. The fourth-order valence-electron chi connectivity index (χ4n) is 1.40. The summed E-state index contributed by atoms with van der Waals surface area (Å²) in [4.78, 5) is 21.2. The second-order valence-electron chi connectivity index (χ2n) is 5.09. The number of carboxylic acid groups (broad SMARTS) is 2. The molecule has 0 aliphatic heterocycles. The van der Waals surface area contributed by atoms with Crippen LogP contribution >= 0.6 is 0 Å². The van der Waals surface area contributed by atoms with Crippen molar-refractivity contribution in [2.45, 2.75) is 44.9 Å². The van der Waals surface area contributed by atoms with Crippen LogP contribution in [0.2, 0.25) is 25.7 Å². The molecular weight excluding hydrogens is 212 g/mol. The number of carbonyl (C=O) groups is 2. The van der Waals surface area contributed by atoms with Crippen LogP contribution in [0.3, 0.4) is 0 Å². The van der Waals surface area contributed by atoms with Gasteiger partial charge in [0.25, 0.3) is 0 Å². The molecule has 1 unspecified atom stereocenters. The first-order chi connectivity index (χ1) is 6.72. The number of aliphatic carboxylic acids is 2. The summed E-state index contributed by atoms with van der Waals surface area (Å²) < 4.78 is 0. The molecule has 0 aromatic heterocycles. The van der Waals surface area contributed by atoms with Crippen LogP contribution in [0.25, 0.3) is 0 Å². The van der Waals surface area contributed by atoms with Gasteiger partial charge in [0.1, 0.15) is 0 Å². The monoisotopic (exact) mass is 232 g/mol. The summed E-state index contributed by atoms with van der Waals surface area (Å²) in [6.45, 7) is 6.67. The lowest BCUT2D eigenvalue weighted by Gasteiger charge is -2.16. The van der Waals surface area contributed by atoms with Gasteiger partial charge in [0.05, 0.1) is 12.3 Å². The lowest BCUT2D eigenvalue weighted by Crippen LogP contribution is -2.22. The van der Waals surface area contributed by atoms with Crippen LogP contribution in [0.15, 0.2) is 0 Å². The zero-order valence-corrected chi connectivity index (χ0v) is 10.6. The highest BCUT2D eigenvalue weighted by molar-refractivity contribution is 6.76. The Bertz CT molecular complexity index is 232. The fourth-order valence-corrected chi connectivity index (χ4v) is 2.67. The predicted octanol–water partition coefficient (Wildman–Crippen LogP) is 2.28. The first kappa shape index (κ1) is 14.2. The first-order valence-corrected chi connectivity index (χ1v) is 8.87. The van der Waals surface area contributed by atoms with E-state index in [0.29, 0.717) is 6.42 Å². The van der Waals surface area contributed by atoms with Gasteiger partial charge in [-0.05, 0) is 6.42 Å². The second kappa shape index (κ2) is 5.90. The molecule has 15 heavy (non-hydrogen) atoms. The normalized spacial score (nSPS) is 13.5. The average molecular weight is 232 g/mol.